The van der Waals surface area contributed by atoms with Gasteiger partial charge in [0.1, 0.15) is 5.69 Å². The van der Waals surface area contributed by atoms with E-state index in [1.165, 1.54) is 6.07 Å². The van der Waals surface area contributed by atoms with Crippen LogP contribution < -0.4 is 5.32 Å². The van der Waals surface area contributed by atoms with Crippen LogP contribution in [0, 0.1) is 16.0 Å². The molecule has 22 heavy (non-hydrogen) atoms. The molecule has 2 rings (SSSR count). The zero-order valence-corrected chi connectivity index (χ0v) is 12.9. The quantitative estimate of drug-likeness (QED) is 0.643. The summed E-state index contributed by atoms with van der Waals surface area (Å²) in [6, 6.07) is 4.52. The summed E-state index contributed by atoms with van der Waals surface area (Å²) >= 11 is 0. The van der Waals surface area contributed by atoms with E-state index in [-0.39, 0.29) is 11.6 Å². The van der Waals surface area contributed by atoms with Gasteiger partial charge >= 0.3 is 0 Å². The highest BCUT2D eigenvalue weighted by Gasteiger charge is 2.24. The Morgan fingerprint density at radius 1 is 1.55 bits per heavy atom. The Hall–Kier alpha value is -2.15. The molecule has 0 radical (unpaired) electrons. The number of amides is 1. The number of anilines is 1. The molecule has 7 heteroatoms. The van der Waals surface area contributed by atoms with E-state index in [2.05, 4.69) is 5.32 Å². The lowest BCUT2D eigenvalue weighted by Crippen LogP contribution is -2.35. The largest absolute Gasteiger partial charge is 0.383 e. The number of ether oxygens (including phenoxy) is 1. The molecular weight excluding hydrogens is 286 g/mol. The minimum atomic E-state index is -0.482. The van der Waals surface area contributed by atoms with E-state index in [0.29, 0.717) is 36.9 Å². The maximum Gasteiger partial charge on any atom is 0.293 e. The first kappa shape index (κ1) is 16.2. The third-order valence-electron chi connectivity index (χ3n) is 3.88. The number of nitro benzene ring substituents is 1. The maximum absolute atomic E-state index is 12.6. The molecule has 1 aliphatic rings. The first-order chi connectivity index (χ1) is 10.6. The van der Waals surface area contributed by atoms with Crippen molar-refractivity contribution in [3.8, 4) is 0 Å². The Balaban J connectivity index is 2.19. The van der Waals surface area contributed by atoms with Gasteiger partial charge in [0.15, 0.2) is 0 Å². The molecule has 1 unspecified atom stereocenters. The van der Waals surface area contributed by atoms with Crippen molar-refractivity contribution in [2.24, 2.45) is 5.92 Å². The molecular formula is C15H21N3O4. The summed E-state index contributed by atoms with van der Waals surface area (Å²) in [6.07, 6.45) is 0.947. The third kappa shape index (κ3) is 3.54. The van der Waals surface area contributed by atoms with Crippen LogP contribution in [0.25, 0.3) is 0 Å². The number of nitrogens with one attached hydrogen (secondary N) is 1. The van der Waals surface area contributed by atoms with Crippen molar-refractivity contribution in [3.63, 3.8) is 0 Å². The third-order valence-corrected chi connectivity index (χ3v) is 3.88. The van der Waals surface area contributed by atoms with Gasteiger partial charge < -0.3 is 15.0 Å². The van der Waals surface area contributed by atoms with E-state index in [9.17, 15) is 14.9 Å². The molecule has 1 aromatic carbocycles. The van der Waals surface area contributed by atoms with Crippen LogP contribution in [0.1, 0.15) is 23.7 Å². The second kappa shape index (κ2) is 7.22. The molecule has 0 spiro atoms. The SMILES string of the molecule is CCN(CC1CCOC1)C(=O)c1ccc(NC)c([N+](=O)[O-])c1. The summed E-state index contributed by atoms with van der Waals surface area (Å²) in [7, 11) is 1.61. The van der Waals surface area contributed by atoms with Crippen LogP contribution in [0.5, 0.6) is 0 Å². The highest BCUT2D eigenvalue weighted by Crippen LogP contribution is 2.26. The van der Waals surface area contributed by atoms with Crippen molar-refractivity contribution in [2.45, 2.75) is 13.3 Å². The van der Waals surface area contributed by atoms with Crippen molar-refractivity contribution in [2.75, 3.05) is 38.7 Å². The van der Waals surface area contributed by atoms with E-state index in [0.717, 1.165) is 13.0 Å². The molecule has 1 saturated heterocycles. The zero-order chi connectivity index (χ0) is 16.1. The monoisotopic (exact) mass is 307 g/mol. The van der Waals surface area contributed by atoms with Gasteiger partial charge in [0, 0.05) is 44.3 Å². The lowest BCUT2D eigenvalue weighted by atomic mass is 10.1. The van der Waals surface area contributed by atoms with Crippen molar-refractivity contribution < 1.29 is 14.5 Å². The van der Waals surface area contributed by atoms with E-state index in [1.54, 1.807) is 24.1 Å². The smallest absolute Gasteiger partial charge is 0.293 e. The van der Waals surface area contributed by atoms with Gasteiger partial charge in [0.2, 0.25) is 0 Å². The first-order valence-electron chi connectivity index (χ1n) is 7.40. The van der Waals surface area contributed by atoms with E-state index >= 15 is 0 Å². The van der Waals surface area contributed by atoms with Crippen molar-refractivity contribution in [1.82, 2.24) is 4.90 Å². The van der Waals surface area contributed by atoms with Crippen LogP contribution >= 0.6 is 0 Å². The number of rotatable bonds is 6. The van der Waals surface area contributed by atoms with Crippen molar-refractivity contribution in [1.29, 1.82) is 0 Å². The molecule has 1 aromatic rings. The van der Waals surface area contributed by atoms with Gasteiger partial charge in [-0.25, -0.2) is 0 Å². The summed E-state index contributed by atoms with van der Waals surface area (Å²) < 4.78 is 5.33. The van der Waals surface area contributed by atoms with Crippen LogP contribution in [-0.2, 0) is 4.74 Å². The van der Waals surface area contributed by atoms with Crippen LogP contribution in [0.15, 0.2) is 18.2 Å². The molecule has 1 atom stereocenters. The van der Waals surface area contributed by atoms with Gasteiger partial charge in [0.05, 0.1) is 11.5 Å². The summed E-state index contributed by atoms with van der Waals surface area (Å²) in [6.45, 7) is 4.50. The number of nitro groups is 1. The summed E-state index contributed by atoms with van der Waals surface area (Å²) in [5.74, 6) is 0.163. The van der Waals surface area contributed by atoms with Crippen molar-refractivity contribution in [3.05, 3.63) is 33.9 Å². The second-order valence-corrected chi connectivity index (χ2v) is 5.31. The molecule has 1 aliphatic heterocycles. The van der Waals surface area contributed by atoms with E-state index in [4.69, 9.17) is 4.74 Å². The van der Waals surface area contributed by atoms with Crippen LogP contribution in [0.3, 0.4) is 0 Å². The normalized spacial score (nSPS) is 17.3. The molecule has 1 amide bonds. The molecule has 7 nitrogen and oxygen atoms in total. The Kier molecular flexibility index (Phi) is 5.32. The molecule has 0 aliphatic carbocycles. The Morgan fingerprint density at radius 3 is 2.86 bits per heavy atom. The van der Waals surface area contributed by atoms with Gasteiger partial charge in [-0.2, -0.15) is 0 Å². The fraction of sp³-hybridized carbons (Fsp3) is 0.533. The first-order valence-corrected chi connectivity index (χ1v) is 7.40. The summed E-state index contributed by atoms with van der Waals surface area (Å²) in [5.41, 5.74) is 0.647. The van der Waals surface area contributed by atoms with Crippen molar-refractivity contribution >= 4 is 17.3 Å². The lowest BCUT2D eigenvalue weighted by molar-refractivity contribution is -0.384. The Bertz CT molecular complexity index is 556. The molecule has 1 fully saturated rings. The predicted molar refractivity (Wildman–Crippen MR) is 83.1 cm³/mol. The molecule has 0 aromatic heterocycles. The molecule has 0 bridgehead atoms. The predicted octanol–water partition coefficient (Wildman–Crippen LogP) is 2.14. The van der Waals surface area contributed by atoms with Gasteiger partial charge in [-0.15, -0.1) is 0 Å². The summed E-state index contributed by atoms with van der Waals surface area (Å²) in [4.78, 5) is 24.9. The van der Waals surface area contributed by atoms with Crippen LogP contribution in [-0.4, -0.2) is 49.1 Å². The number of nitrogens with zero attached hydrogens (tertiary/aromatic N) is 2. The average Bonchev–Trinajstić information content (AvgIpc) is 3.04. The highest BCUT2D eigenvalue weighted by atomic mass is 16.6. The Morgan fingerprint density at radius 2 is 2.32 bits per heavy atom. The maximum atomic E-state index is 12.6. The molecule has 120 valence electrons. The number of hydrogen-bond donors (Lipinski definition) is 1. The van der Waals surface area contributed by atoms with Gasteiger partial charge in [-0.05, 0) is 25.5 Å². The van der Waals surface area contributed by atoms with E-state index < -0.39 is 4.92 Å². The molecule has 0 saturated carbocycles. The minimum absolute atomic E-state index is 0.0893. The molecule has 1 N–H and O–H groups in total. The fourth-order valence-corrected chi connectivity index (χ4v) is 2.60. The fourth-order valence-electron chi connectivity index (χ4n) is 2.60. The lowest BCUT2D eigenvalue weighted by Gasteiger charge is -2.23. The number of carbonyl (C=O) groups excluding carboxylic acids is 1. The van der Waals surface area contributed by atoms with Gasteiger partial charge in [-0.1, -0.05) is 0 Å². The number of hydrogen-bond acceptors (Lipinski definition) is 5. The minimum Gasteiger partial charge on any atom is -0.383 e. The molecule has 1 heterocycles. The van der Waals surface area contributed by atoms with Gasteiger partial charge in [0.25, 0.3) is 11.6 Å². The number of benzene rings is 1. The zero-order valence-electron chi connectivity index (χ0n) is 12.9. The Labute approximate surface area is 129 Å². The number of carbonyl (C=O) groups is 1. The standard InChI is InChI=1S/C15H21N3O4/c1-3-17(9-11-6-7-22-10-11)15(19)12-4-5-13(16-2)14(8-12)18(20)21/h4-5,8,11,16H,3,6-7,9-10H2,1-2H3. The van der Waals surface area contributed by atoms with Crippen LogP contribution in [0.4, 0.5) is 11.4 Å². The topological polar surface area (TPSA) is 84.7 Å². The van der Waals surface area contributed by atoms with E-state index in [1.807, 2.05) is 6.92 Å². The second-order valence-electron chi connectivity index (χ2n) is 5.31. The highest BCUT2D eigenvalue weighted by molar-refractivity contribution is 5.95. The van der Waals surface area contributed by atoms with Gasteiger partial charge in [-0.3, -0.25) is 14.9 Å². The van der Waals surface area contributed by atoms with Crippen LogP contribution in [0.2, 0.25) is 0 Å². The summed E-state index contributed by atoms with van der Waals surface area (Å²) in [5, 5.41) is 13.9. The average molecular weight is 307 g/mol.